The van der Waals surface area contributed by atoms with Gasteiger partial charge in [-0.05, 0) is 19.8 Å². The van der Waals surface area contributed by atoms with Crippen molar-refractivity contribution in [2.24, 2.45) is 0 Å². The molecule has 1 aromatic rings. The van der Waals surface area contributed by atoms with E-state index in [1.807, 2.05) is 4.90 Å². The summed E-state index contributed by atoms with van der Waals surface area (Å²) in [5, 5.41) is 3.68. The summed E-state index contributed by atoms with van der Waals surface area (Å²) in [4.78, 5) is 14.5. The van der Waals surface area contributed by atoms with Crippen molar-refractivity contribution < 1.29 is 18.8 Å². The van der Waals surface area contributed by atoms with E-state index in [9.17, 15) is 4.79 Å². The van der Waals surface area contributed by atoms with E-state index >= 15 is 0 Å². The summed E-state index contributed by atoms with van der Waals surface area (Å²) in [5.74, 6) is 0.560. The Morgan fingerprint density at radius 2 is 2.11 bits per heavy atom. The molecule has 2 aliphatic heterocycles. The van der Waals surface area contributed by atoms with Crippen molar-refractivity contribution in [2.75, 3.05) is 20.3 Å². The lowest BCUT2D eigenvalue weighted by molar-refractivity contribution is -0.0952. The second-order valence-electron chi connectivity index (χ2n) is 5.18. The third-order valence-electron chi connectivity index (χ3n) is 4.03. The van der Waals surface area contributed by atoms with Crippen LogP contribution < -0.4 is 0 Å². The quantitative estimate of drug-likeness (QED) is 0.799. The van der Waals surface area contributed by atoms with Crippen LogP contribution in [0.25, 0.3) is 0 Å². The lowest BCUT2D eigenvalue weighted by atomic mass is 9.91. The predicted molar refractivity (Wildman–Crippen MR) is 65.8 cm³/mol. The van der Waals surface area contributed by atoms with Gasteiger partial charge in [0.15, 0.2) is 0 Å². The molecule has 0 saturated carbocycles. The van der Waals surface area contributed by atoms with Gasteiger partial charge in [-0.25, -0.2) is 0 Å². The molecule has 0 radical (unpaired) electrons. The van der Waals surface area contributed by atoms with Gasteiger partial charge in [0.05, 0.1) is 37.6 Å². The molecule has 19 heavy (non-hydrogen) atoms. The molecule has 6 heteroatoms. The van der Waals surface area contributed by atoms with E-state index < -0.39 is 0 Å². The number of aryl methyl sites for hydroxylation is 1. The molecular weight excluding hydrogens is 248 g/mol. The van der Waals surface area contributed by atoms with Crippen LogP contribution in [-0.2, 0) is 9.47 Å². The summed E-state index contributed by atoms with van der Waals surface area (Å²) in [6.07, 6.45) is 3.36. The summed E-state index contributed by atoms with van der Waals surface area (Å²) in [6, 6.07) is 0.165. The van der Waals surface area contributed by atoms with E-state index in [1.165, 1.54) is 6.20 Å². The summed E-state index contributed by atoms with van der Waals surface area (Å²) in [5.41, 5.74) is 0.549. The minimum Gasteiger partial charge on any atom is -0.381 e. The third kappa shape index (κ3) is 2.15. The first kappa shape index (κ1) is 12.6. The highest BCUT2D eigenvalue weighted by Crippen LogP contribution is 2.31. The molecule has 3 heterocycles. The number of ether oxygens (including phenoxy) is 2. The van der Waals surface area contributed by atoms with Crippen LogP contribution in [0, 0.1) is 6.92 Å². The van der Waals surface area contributed by atoms with Crippen LogP contribution in [0.1, 0.15) is 29.0 Å². The zero-order chi connectivity index (χ0) is 13.4. The maximum atomic E-state index is 12.6. The second kappa shape index (κ2) is 4.94. The standard InChI is InChI=1S/C13H18N2O4/c1-8-12(5-14-19-8)13(16)15-9-3-11(17-2)4-10(15)7-18-6-9/h5,9-11H,3-4,6-7H2,1-2H3. The molecule has 104 valence electrons. The maximum absolute atomic E-state index is 12.6. The molecule has 2 atom stereocenters. The molecule has 6 nitrogen and oxygen atoms in total. The molecule has 0 aromatic carbocycles. The van der Waals surface area contributed by atoms with E-state index in [0.717, 1.165) is 12.8 Å². The summed E-state index contributed by atoms with van der Waals surface area (Å²) in [7, 11) is 1.73. The van der Waals surface area contributed by atoms with Crippen LogP contribution in [0.4, 0.5) is 0 Å². The number of hydrogen-bond donors (Lipinski definition) is 0. The molecule has 2 unspecified atom stereocenters. The first-order valence-electron chi connectivity index (χ1n) is 6.55. The van der Waals surface area contributed by atoms with Gasteiger partial charge in [-0.15, -0.1) is 0 Å². The average molecular weight is 266 g/mol. The van der Waals surface area contributed by atoms with Crippen LogP contribution in [0.2, 0.25) is 0 Å². The van der Waals surface area contributed by atoms with Crippen LogP contribution in [0.5, 0.6) is 0 Å². The number of hydrogen-bond acceptors (Lipinski definition) is 5. The zero-order valence-electron chi connectivity index (χ0n) is 11.2. The van der Waals surface area contributed by atoms with Crippen molar-refractivity contribution in [3.05, 3.63) is 17.5 Å². The number of morpholine rings is 1. The van der Waals surface area contributed by atoms with Crippen molar-refractivity contribution in [1.29, 1.82) is 0 Å². The Morgan fingerprint density at radius 3 is 2.63 bits per heavy atom. The summed E-state index contributed by atoms with van der Waals surface area (Å²) >= 11 is 0. The summed E-state index contributed by atoms with van der Waals surface area (Å²) < 4.78 is 16.0. The van der Waals surface area contributed by atoms with Crippen molar-refractivity contribution >= 4 is 5.91 Å². The van der Waals surface area contributed by atoms with E-state index in [1.54, 1.807) is 14.0 Å². The fourth-order valence-electron chi connectivity index (χ4n) is 3.03. The van der Waals surface area contributed by atoms with Crippen molar-refractivity contribution in [3.8, 4) is 0 Å². The van der Waals surface area contributed by atoms with Gasteiger partial charge < -0.3 is 18.9 Å². The number of carbonyl (C=O) groups is 1. The van der Waals surface area contributed by atoms with Gasteiger partial charge in [-0.1, -0.05) is 5.16 Å². The van der Waals surface area contributed by atoms with E-state index in [4.69, 9.17) is 14.0 Å². The highest BCUT2D eigenvalue weighted by atomic mass is 16.5. The van der Waals surface area contributed by atoms with E-state index in [0.29, 0.717) is 24.5 Å². The van der Waals surface area contributed by atoms with E-state index in [-0.39, 0.29) is 24.1 Å². The molecule has 2 aliphatic rings. The third-order valence-corrected chi connectivity index (χ3v) is 4.03. The lowest BCUT2D eigenvalue weighted by Crippen LogP contribution is -2.60. The van der Waals surface area contributed by atoms with Gasteiger partial charge in [-0.3, -0.25) is 4.79 Å². The normalized spacial score (nSPS) is 30.4. The maximum Gasteiger partial charge on any atom is 0.259 e. The van der Waals surface area contributed by atoms with Gasteiger partial charge >= 0.3 is 0 Å². The average Bonchev–Trinajstić information content (AvgIpc) is 2.82. The largest absolute Gasteiger partial charge is 0.381 e. The van der Waals surface area contributed by atoms with Gasteiger partial charge in [0.25, 0.3) is 5.91 Å². The van der Waals surface area contributed by atoms with Crippen LogP contribution >= 0.6 is 0 Å². The Kier molecular flexibility index (Phi) is 3.28. The van der Waals surface area contributed by atoms with Crippen molar-refractivity contribution in [2.45, 2.75) is 38.0 Å². The molecule has 1 amide bonds. The molecule has 0 spiro atoms. The first-order chi connectivity index (χ1) is 9.20. The Bertz CT molecular complexity index is 459. The van der Waals surface area contributed by atoms with Gasteiger partial charge in [0, 0.05) is 7.11 Å². The number of amides is 1. The molecule has 2 saturated heterocycles. The van der Waals surface area contributed by atoms with Crippen LogP contribution in [0.15, 0.2) is 10.7 Å². The first-order valence-corrected chi connectivity index (χ1v) is 6.55. The SMILES string of the molecule is COC1CC2COCC(C1)N2C(=O)c1cnoc1C. The Hall–Kier alpha value is -1.40. The molecule has 0 aliphatic carbocycles. The Balaban J connectivity index is 1.84. The van der Waals surface area contributed by atoms with Crippen molar-refractivity contribution in [3.63, 3.8) is 0 Å². The summed E-state index contributed by atoms with van der Waals surface area (Å²) in [6.45, 7) is 2.91. The highest BCUT2D eigenvalue weighted by Gasteiger charge is 2.42. The molecule has 2 bridgehead atoms. The minimum atomic E-state index is -0.00777. The highest BCUT2D eigenvalue weighted by molar-refractivity contribution is 5.95. The minimum absolute atomic E-state index is 0.00777. The number of fused-ring (bicyclic) bond motifs is 2. The number of carbonyl (C=O) groups excluding carboxylic acids is 1. The molecule has 1 aromatic heterocycles. The molecule has 0 N–H and O–H groups in total. The fourth-order valence-corrected chi connectivity index (χ4v) is 3.03. The van der Waals surface area contributed by atoms with Crippen LogP contribution in [-0.4, -0.2) is 54.5 Å². The molecular formula is C13H18N2O4. The number of aromatic nitrogens is 1. The predicted octanol–water partition coefficient (Wildman–Crippen LogP) is 1.00. The number of methoxy groups -OCH3 is 1. The monoisotopic (exact) mass is 266 g/mol. The number of nitrogens with zero attached hydrogens (tertiary/aromatic N) is 2. The lowest BCUT2D eigenvalue weighted by Gasteiger charge is -2.47. The van der Waals surface area contributed by atoms with Crippen molar-refractivity contribution in [1.82, 2.24) is 10.1 Å². The topological polar surface area (TPSA) is 64.8 Å². The fraction of sp³-hybridized carbons (Fsp3) is 0.692. The molecule has 2 fully saturated rings. The Labute approximate surface area is 111 Å². The molecule has 3 rings (SSSR count). The van der Waals surface area contributed by atoms with Gasteiger partial charge in [-0.2, -0.15) is 0 Å². The Morgan fingerprint density at radius 1 is 1.42 bits per heavy atom. The van der Waals surface area contributed by atoms with Gasteiger partial charge in [0.1, 0.15) is 11.3 Å². The number of piperidine rings is 1. The van der Waals surface area contributed by atoms with E-state index in [2.05, 4.69) is 5.16 Å². The number of rotatable bonds is 2. The smallest absolute Gasteiger partial charge is 0.259 e. The van der Waals surface area contributed by atoms with Crippen LogP contribution in [0.3, 0.4) is 0 Å². The van der Waals surface area contributed by atoms with Gasteiger partial charge in [0.2, 0.25) is 0 Å². The second-order valence-corrected chi connectivity index (χ2v) is 5.18. The zero-order valence-corrected chi connectivity index (χ0v) is 11.2.